The minimum Gasteiger partial charge on any atom is -0.493 e. The predicted octanol–water partition coefficient (Wildman–Crippen LogP) is 3.91. The fourth-order valence-corrected chi connectivity index (χ4v) is 2.71. The molecule has 0 spiro atoms. The molecule has 0 radical (unpaired) electrons. The van der Waals surface area contributed by atoms with E-state index in [1.807, 2.05) is 25.1 Å². The summed E-state index contributed by atoms with van der Waals surface area (Å²) in [6.45, 7) is 1.90. The minimum atomic E-state index is -0.389. The lowest BCUT2D eigenvalue weighted by Crippen LogP contribution is -2.17. The Morgan fingerprint density at radius 3 is 2.34 bits per heavy atom. The van der Waals surface area contributed by atoms with Crippen molar-refractivity contribution in [1.29, 1.82) is 0 Å². The van der Waals surface area contributed by atoms with Gasteiger partial charge in [0.25, 0.3) is 11.8 Å². The van der Waals surface area contributed by atoms with Crippen molar-refractivity contribution in [2.24, 2.45) is 0 Å². The number of hydrogen-bond donors (Lipinski definition) is 2. The molecule has 7 nitrogen and oxygen atoms in total. The maximum Gasteiger partial charge on any atom is 0.274 e. The van der Waals surface area contributed by atoms with Crippen LogP contribution >= 0.6 is 0 Å². The fourth-order valence-electron chi connectivity index (χ4n) is 2.71. The Bertz CT molecular complexity index is 1050. The number of aromatic nitrogens is 1. The van der Waals surface area contributed by atoms with Gasteiger partial charge in [0.05, 0.1) is 14.2 Å². The van der Waals surface area contributed by atoms with Crippen LogP contribution < -0.4 is 20.1 Å². The van der Waals surface area contributed by atoms with Crippen molar-refractivity contribution in [2.45, 2.75) is 6.92 Å². The van der Waals surface area contributed by atoms with Gasteiger partial charge in [-0.2, -0.15) is 0 Å². The number of ether oxygens (including phenoxy) is 2. The lowest BCUT2D eigenvalue weighted by Gasteiger charge is -2.11. The molecule has 2 amide bonds. The van der Waals surface area contributed by atoms with Gasteiger partial charge >= 0.3 is 0 Å². The van der Waals surface area contributed by atoms with Crippen molar-refractivity contribution in [2.75, 3.05) is 24.9 Å². The number of nitrogens with zero attached hydrogens (tertiary/aromatic N) is 1. The highest BCUT2D eigenvalue weighted by atomic mass is 16.5. The van der Waals surface area contributed by atoms with E-state index in [0.29, 0.717) is 28.4 Å². The highest BCUT2D eigenvalue weighted by Gasteiger charge is 2.14. The number of nitrogens with one attached hydrogen (secondary N) is 2. The van der Waals surface area contributed by atoms with Crippen LogP contribution in [0.5, 0.6) is 11.5 Å². The highest BCUT2D eigenvalue weighted by molar-refractivity contribution is 6.08. The van der Waals surface area contributed by atoms with Crippen molar-refractivity contribution < 1.29 is 19.1 Å². The van der Waals surface area contributed by atoms with E-state index >= 15 is 0 Å². The molecule has 7 heteroatoms. The number of methoxy groups -OCH3 is 2. The van der Waals surface area contributed by atoms with E-state index < -0.39 is 0 Å². The van der Waals surface area contributed by atoms with E-state index in [0.717, 1.165) is 5.56 Å². The third-order valence-corrected chi connectivity index (χ3v) is 4.29. The van der Waals surface area contributed by atoms with Crippen molar-refractivity contribution in [3.63, 3.8) is 0 Å². The maximum atomic E-state index is 12.6. The van der Waals surface area contributed by atoms with E-state index in [1.54, 1.807) is 30.3 Å². The Morgan fingerprint density at radius 2 is 1.62 bits per heavy atom. The van der Waals surface area contributed by atoms with Crippen molar-refractivity contribution in [1.82, 2.24) is 4.98 Å². The van der Waals surface area contributed by atoms with Crippen LogP contribution in [0.4, 0.5) is 11.4 Å². The van der Waals surface area contributed by atoms with Gasteiger partial charge in [0.1, 0.15) is 5.69 Å². The van der Waals surface area contributed by atoms with Gasteiger partial charge in [-0.15, -0.1) is 0 Å². The van der Waals surface area contributed by atoms with Gasteiger partial charge in [0, 0.05) is 29.2 Å². The molecule has 3 aromatic rings. The van der Waals surface area contributed by atoms with Crippen LogP contribution in [0, 0.1) is 6.92 Å². The van der Waals surface area contributed by atoms with Gasteiger partial charge in [-0.3, -0.25) is 14.6 Å². The molecule has 29 heavy (non-hydrogen) atoms. The van der Waals surface area contributed by atoms with Gasteiger partial charge < -0.3 is 20.1 Å². The molecule has 2 aromatic carbocycles. The first-order valence-electron chi connectivity index (χ1n) is 8.88. The van der Waals surface area contributed by atoms with Crippen LogP contribution in [0.1, 0.15) is 26.4 Å². The Kier molecular flexibility index (Phi) is 6.09. The molecule has 148 valence electrons. The number of hydrogen-bond acceptors (Lipinski definition) is 5. The quantitative estimate of drug-likeness (QED) is 0.665. The number of pyridine rings is 1. The molecule has 0 aliphatic heterocycles. The van der Waals surface area contributed by atoms with Gasteiger partial charge in [0.2, 0.25) is 0 Å². The zero-order valence-corrected chi connectivity index (χ0v) is 16.4. The number of carbonyl (C=O) groups excluding carboxylic acids is 2. The summed E-state index contributed by atoms with van der Waals surface area (Å²) in [4.78, 5) is 29.2. The largest absolute Gasteiger partial charge is 0.493 e. The zero-order chi connectivity index (χ0) is 20.8. The van der Waals surface area contributed by atoms with Crippen LogP contribution in [-0.2, 0) is 0 Å². The molecule has 0 saturated carbocycles. The van der Waals surface area contributed by atoms with E-state index in [-0.39, 0.29) is 17.5 Å². The zero-order valence-electron chi connectivity index (χ0n) is 16.4. The number of carbonyl (C=O) groups is 2. The average Bonchev–Trinajstić information content (AvgIpc) is 2.75. The second kappa shape index (κ2) is 8.88. The second-order valence-electron chi connectivity index (χ2n) is 6.22. The van der Waals surface area contributed by atoms with E-state index in [2.05, 4.69) is 15.6 Å². The van der Waals surface area contributed by atoms with Crippen molar-refractivity contribution >= 4 is 23.2 Å². The summed E-state index contributed by atoms with van der Waals surface area (Å²) in [6.07, 6.45) is 1.43. The molecule has 0 aliphatic carbocycles. The summed E-state index contributed by atoms with van der Waals surface area (Å²) in [5.41, 5.74) is 2.62. The Morgan fingerprint density at radius 1 is 0.862 bits per heavy atom. The smallest absolute Gasteiger partial charge is 0.274 e. The number of benzene rings is 2. The standard InChI is InChI=1S/C22H21N3O4/c1-14-6-4-5-7-17(14)25-22(27)18-12-15(10-11-23-18)21(26)24-16-8-9-19(28-2)20(13-16)29-3/h4-13H,1-3H3,(H,24,26)(H,25,27). The molecule has 0 fully saturated rings. The number of para-hydroxylation sites is 1. The normalized spacial score (nSPS) is 10.2. The number of rotatable bonds is 6. The summed E-state index contributed by atoms with van der Waals surface area (Å²) < 4.78 is 10.4. The van der Waals surface area contributed by atoms with Gasteiger partial charge in [-0.05, 0) is 42.8 Å². The molecule has 0 saturated heterocycles. The summed E-state index contributed by atoms with van der Waals surface area (Å²) in [7, 11) is 3.06. The van der Waals surface area contributed by atoms with Crippen LogP contribution in [0.15, 0.2) is 60.8 Å². The van der Waals surface area contributed by atoms with Gasteiger partial charge in [-0.25, -0.2) is 0 Å². The third-order valence-electron chi connectivity index (χ3n) is 4.29. The van der Waals surface area contributed by atoms with Crippen molar-refractivity contribution in [3.8, 4) is 11.5 Å². The molecule has 0 aliphatic rings. The fraction of sp³-hybridized carbons (Fsp3) is 0.136. The summed E-state index contributed by atoms with van der Waals surface area (Å²) >= 11 is 0. The van der Waals surface area contributed by atoms with Gasteiger partial charge in [-0.1, -0.05) is 18.2 Å². The Hall–Kier alpha value is -3.87. The first-order valence-corrected chi connectivity index (χ1v) is 8.88. The molecule has 0 unspecified atom stereocenters. The van der Waals surface area contributed by atoms with Crippen molar-refractivity contribution in [3.05, 3.63) is 77.6 Å². The lowest BCUT2D eigenvalue weighted by molar-refractivity contribution is 0.102. The number of aryl methyl sites for hydroxylation is 1. The number of anilines is 2. The van der Waals surface area contributed by atoms with E-state index in [4.69, 9.17) is 9.47 Å². The highest BCUT2D eigenvalue weighted by Crippen LogP contribution is 2.29. The molecule has 2 N–H and O–H groups in total. The minimum absolute atomic E-state index is 0.146. The average molecular weight is 391 g/mol. The molecule has 1 heterocycles. The molecule has 0 bridgehead atoms. The maximum absolute atomic E-state index is 12.6. The Labute approximate surface area is 168 Å². The van der Waals surface area contributed by atoms with E-state index in [9.17, 15) is 9.59 Å². The first-order chi connectivity index (χ1) is 14.0. The first kappa shape index (κ1) is 19.9. The van der Waals surface area contributed by atoms with Crippen LogP contribution in [-0.4, -0.2) is 31.0 Å². The molecule has 0 atom stereocenters. The molecule has 1 aromatic heterocycles. The Balaban J connectivity index is 1.76. The summed E-state index contributed by atoms with van der Waals surface area (Å²) in [5.74, 6) is 0.299. The SMILES string of the molecule is COc1ccc(NC(=O)c2ccnc(C(=O)Nc3ccccc3C)c2)cc1OC. The molecule has 3 rings (SSSR count). The van der Waals surface area contributed by atoms with Crippen LogP contribution in [0.3, 0.4) is 0 Å². The molecular weight excluding hydrogens is 370 g/mol. The summed E-state index contributed by atoms with van der Waals surface area (Å²) in [6, 6.07) is 15.5. The number of amides is 2. The molecular formula is C22H21N3O4. The van der Waals surface area contributed by atoms with Gasteiger partial charge in [0.15, 0.2) is 11.5 Å². The lowest BCUT2D eigenvalue weighted by atomic mass is 10.1. The summed E-state index contributed by atoms with van der Waals surface area (Å²) in [5, 5.41) is 5.58. The van der Waals surface area contributed by atoms with E-state index in [1.165, 1.54) is 26.5 Å². The topological polar surface area (TPSA) is 89.5 Å². The van der Waals surface area contributed by atoms with Crippen LogP contribution in [0.25, 0.3) is 0 Å². The monoisotopic (exact) mass is 391 g/mol. The predicted molar refractivity (Wildman–Crippen MR) is 111 cm³/mol. The third kappa shape index (κ3) is 4.70. The van der Waals surface area contributed by atoms with Crippen LogP contribution in [0.2, 0.25) is 0 Å². The second-order valence-corrected chi connectivity index (χ2v) is 6.22.